The predicted octanol–water partition coefficient (Wildman–Crippen LogP) is 4.23. The molecule has 0 saturated carbocycles. The van der Waals surface area contributed by atoms with Crippen LogP contribution in [0.25, 0.3) is 11.0 Å². The van der Waals surface area contributed by atoms with Gasteiger partial charge in [-0.1, -0.05) is 18.5 Å². The van der Waals surface area contributed by atoms with Crippen molar-refractivity contribution in [3.8, 4) is 0 Å². The van der Waals surface area contributed by atoms with Gasteiger partial charge in [-0.05, 0) is 81.9 Å². The number of nitrogens with one attached hydrogen (secondary N) is 1. The lowest BCUT2D eigenvalue weighted by atomic mass is 10.0. The van der Waals surface area contributed by atoms with Crippen molar-refractivity contribution >= 4 is 34.1 Å². The monoisotopic (exact) mass is 467 g/mol. The standard InChI is InChI=1S/C25H34ClN7/c1-3-21-23-24(30-29-21)27-17-28-25(23)33-13-11-32(12-14-33)22-16-20(26)15-19(18(22)2)7-6-10-31-8-4-5-9-31/h15-17H,3-14H2,1-2H3,(H,27,28,29,30). The lowest BCUT2D eigenvalue weighted by Gasteiger charge is -2.38. The van der Waals surface area contributed by atoms with Crippen molar-refractivity contribution in [2.24, 2.45) is 0 Å². The maximum Gasteiger partial charge on any atom is 0.160 e. The van der Waals surface area contributed by atoms with Gasteiger partial charge < -0.3 is 14.7 Å². The number of fused-ring (bicyclic) bond motifs is 1. The van der Waals surface area contributed by atoms with Crippen molar-refractivity contribution in [1.29, 1.82) is 0 Å². The van der Waals surface area contributed by atoms with Crippen molar-refractivity contribution in [2.75, 3.05) is 55.6 Å². The van der Waals surface area contributed by atoms with Crippen LogP contribution in [-0.2, 0) is 12.8 Å². The number of likely N-dealkylation sites (tertiary alicyclic amines) is 1. The number of aromatic amines is 1. The molecule has 2 fully saturated rings. The number of hydrogen-bond acceptors (Lipinski definition) is 6. The Morgan fingerprint density at radius 1 is 1.00 bits per heavy atom. The molecule has 0 radical (unpaired) electrons. The second kappa shape index (κ2) is 9.85. The first-order chi connectivity index (χ1) is 16.1. The van der Waals surface area contributed by atoms with Gasteiger partial charge in [0.15, 0.2) is 5.65 Å². The molecular weight excluding hydrogens is 434 g/mol. The maximum absolute atomic E-state index is 6.58. The summed E-state index contributed by atoms with van der Waals surface area (Å²) in [4.78, 5) is 16.4. The van der Waals surface area contributed by atoms with Gasteiger partial charge in [0.25, 0.3) is 0 Å². The summed E-state index contributed by atoms with van der Waals surface area (Å²) in [5.74, 6) is 0.996. The van der Waals surface area contributed by atoms with Crippen LogP contribution in [0.4, 0.5) is 11.5 Å². The second-order valence-electron chi connectivity index (χ2n) is 9.28. The Hall–Kier alpha value is -2.38. The number of hydrogen-bond donors (Lipinski definition) is 1. The van der Waals surface area contributed by atoms with E-state index in [1.165, 1.54) is 55.7 Å². The van der Waals surface area contributed by atoms with Crippen LogP contribution in [-0.4, -0.2) is 70.9 Å². The lowest BCUT2D eigenvalue weighted by molar-refractivity contribution is 0.334. The summed E-state index contributed by atoms with van der Waals surface area (Å²) in [5.41, 5.74) is 5.91. The molecular formula is C25H34ClN7. The van der Waals surface area contributed by atoms with Gasteiger partial charge in [0.1, 0.15) is 12.1 Å². The van der Waals surface area contributed by atoms with E-state index in [-0.39, 0.29) is 0 Å². The van der Waals surface area contributed by atoms with Gasteiger partial charge in [-0.15, -0.1) is 0 Å². The van der Waals surface area contributed by atoms with Crippen molar-refractivity contribution in [2.45, 2.75) is 46.0 Å². The van der Waals surface area contributed by atoms with E-state index in [2.05, 4.69) is 60.8 Å². The quantitative estimate of drug-likeness (QED) is 0.561. The van der Waals surface area contributed by atoms with Gasteiger partial charge >= 0.3 is 0 Å². The first-order valence-electron chi connectivity index (χ1n) is 12.3. The third kappa shape index (κ3) is 4.66. The number of benzene rings is 1. The van der Waals surface area contributed by atoms with Crippen LogP contribution in [0.15, 0.2) is 18.5 Å². The molecule has 1 N–H and O–H groups in total. The number of anilines is 2. The topological polar surface area (TPSA) is 64.2 Å². The normalized spacial score (nSPS) is 17.4. The molecule has 0 aliphatic carbocycles. The Kier molecular flexibility index (Phi) is 6.69. The van der Waals surface area contributed by atoms with Gasteiger partial charge in [0.2, 0.25) is 0 Å². The summed E-state index contributed by atoms with van der Waals surface area (Å²) in [6.07, 6.45) is 7.50. The Morgan fingerprint density at radius 3 is 2.52 bits per heavy atom. The molecule has 8 heteroatoms. The van der Waals surface area contributed by atoms with E-state index in [0.717, 1.165) is 66.6 Å². The van der Waals surface area contributed by atoms with E-state index >= 15 is 0 Å². The first kappa shape index (κ1) is 22.4. The molecule has 3 aromatic rings. The minimum atomic E-state index is 0.823. The number of aryl methyl sites for hydroxylation is 2. The second-order valence-corrected chi connectivity index (χ2v) is 9.72. The van der Waals surface area contributed by atoms with Gasteiger partial charge in [0, 0.05) is 36.9 Å². The summed E-state index contributed by atoms with van der Waals surface area (Å²) in [5, 5.41) is 9.39. The Balaban J connectivity index is 1.28. The van der Waals surface area contributed by atoms with Crippen LogP contribution in [0.2, 0.25) is 5.02 Å². The molecule has 0 amide bonds. The Labute approximate surface area is 201 Å². The molecule has 5 rings (SSSR count). The Bertz CT molecular complexity index is 1100. The summed E-state index contributed by atoms with van der Waals surface area (Å²) in [7, 11) is 0. The number of nitrogens with zero attached hydrogens (tertiary/aromatic N) is 6. The van der Waals surface area contributed by atoms with Crippen LogP contribution in [0.5, 0.6) is 0 Å². The predicted molar refractivity (Wildman–Crippen MR) is 136 cm³/mol. The average molecular weight is 468 g/mol. The molecule has 176 valence electrons. The third-order valence-corrected chi connectivity index (χ3v) is 7.46. The van der Waals surface area contributed by atoms with Crippen LogP contribution < -0.4 is 9.80 Å². The molecule has 1 aromatic carbocycles. The minimum absolute atomic E-state index is 0.823. The average Bonchev–Trinajstić information content (AvgIpc) is 3.51. The number of rotatable bonds is 7. The summed E-state index contributed by atoms with van der Waals surface area (Å²) in [6.45, 7) is 11.8. The van der Waals surface area contributed by atoms with E-state index in [0.29, 0.717) is 0 Å². The highest BCUT2D eigenvalue weighted by molar-refractivity contribution is 6.31. The van der Waals surface area contributed by atoms with Gasteiger partial charge in [0.05, 0.1) is 11.1 Å². The van der Waals surface area contributed by atoms with E-state index in [4.69, 9.17) is 11.6 Å². The van der Waals surface area contributed by atoms with Crippen LogP contribution in [0.1, 0.15) is 43.0 Å². The zero-order valence-corrected chi connectivity index (χ0v) is 20.5. The fourth-order valence-electron chi connectivity index (χ4n) is 5.37. The van der Waals surface area contributed by atoms with Gasteiger partial charge in [-0.25, -0.2) is 9.97 Å². The highest BCUT2D eigenvalue weighted by Crippen LogP contribution is 2.31. The molecule has 2 aliphatic rings. The van der Waals surface area contributed by atoms with E-state index in [9.17, 15) is 0 Å². The smallest absolute Gasteiger partial charge is 0.160 e. The van der Waals surface area contributed by atoms with Gasteiger partial charge in [-0.2, -0.15) is 5.10 Å². The molecule has 33 heavy (non-hydrogen) atoms. The number of aromatic nitrogens is 4. The highest BCUT2D eigenvalue weighted by Gasteiger charge is 2.24. The first-order valence-corrected chi connectivity index (χ1v) is 12.7. The summed E-state index contributed by atoms with van der Waals surface area (Å²) in [6, 6.07) is 4.31. The fourth-order valence-corrected chi connectivity index (χ4v) is 5.60. The lowest BCUT2D eigenvalue weighted by Crippen LogP contribution is -2.47. The maximum atomic E-state index is 6.58. The number of halogens is 1. The van der Waals surface area contributed by atoms with Crippen LogP contribution >= 0.6 is 11.6 Å². The molecule has 0 unspecified atom stereocenters. The van der Waals surface area contributed by atoms with Gasteiger partial charge in [-0.3, -0.25) is 5.10 Å². The zero-order chi connectivity index (χ0) is 22.8. The SMILES string of the molecule is CCc1n[nH]c2ncnc(N3CCN(c4cc(Cl)cc(CCCN5CCCC5)c4C)CC3)c12. The van der Waals surface area contributed by atoms with Crippen molar-refractivity contribution in [3.63, 3.8) is 0 Å². The van der Waals surface area contributed by atoms with Crippen LogP contribution in [0, 0.1) is 6.92 Å². The fraction of sp³-hybridized carbons (Fsp3) is 0.560. The molecule has 0 spiro atoms. The summed E-state index contributed by atoms with van der Waals surface area (Å²) >= 11 is 6.58. The van der Waals surface area contributed by atoms with Crippen molar-refractivity contribution in [3.05, 3.63) is 40.3 Å². The third-order valence-electron chi connectivity index (χ3n) is 7.24. The molecule has 2 aliphatic heterocycles. The summed E-state index contributed by atoms with van der Waals surface area (Å²) < 4.78 is 0. The number of H-pyrrole nitrogens is 1. The Morgan fingerprint density at radius 2 is 1.76 bits per heavy atom. The van der Waals surface area contributed by atoms with E-state index in [1.807, 2.05) is 0 Å². The molecule has 4 heterocycles. The van der Waals surface area contributed by atoms with Crippen molar-refractivity contribution < 1.29 is 0 Å². The zero-order valence-electron chi connectivity index (χ0n) is 19.8. The number of piperazine rings is 1. The largest absolute Gasteiger partial charge is 0.368 e. The molecule has 0 atom stereocenters. The molecule has 7 nitrogen and oxygen atoms in total. The molecule has 2 saturated heterocycles. The minimum Gasteiger partial charge on any atom is -0.368 e. The molecule has 2 aromatic heterocycles. The molecule has 0 bridgehead atoms. The van der Waals surface area contributed by atoms with E-state index in [1.54, 1.807) is 6.33 Å². The van der Waals surface area contributed by atoms with Crippen LogP contribution in [0.3, 0.4) is 0 Å². The van der Waals surface area contributed by atoms with Crippen molar-refractivity contribution in [1.82, 2.24) is 25.1 Å². The highest BCUT2D eigenvalue weighted by atomic mass is 35.5. The van der Waals surface area contributed by atoms with E-state index < -0.39 is 0 Å².